The van der Waals surface area contributed by atoms with Crippen molar-refractivity contribution >= 4 is 13.2 Å². The third kappa shape index (κ3) is 3.59. The number of ether oxygens (including phenoxy) is 2. The molecule has 27 heavy (non-hydrogen) atoms. The lowest BCUT2D eigenvalue weighted by atomic mass is 9.86. The lowest BCUT2D eigenvalue weighted by Crippen LogP contribution is -2.41. The van der Waals surface area contributed by atoms with E-state index in [9.17, 15) is 4.39 Å². The zero-order valence-electron chi connectivity index (χ0n) is 16.4. The van der Waals surface area contributed by atoms with Crippen LogP contribution in [-0.2, 0) is 9.31 Å². The number of hydrogen-bond acceptors (Lipinski definition) is 5. The first kappa shape index (κ1) is 19.4. The molecule has 0 amide bonds. The molecule has 0 spiro atoms. The van der Waals surface area contributed by atoms with Gasteiger partial charge < -0.3 is 18.8 Å². The van der Waals surface area contributed by atoms with Crippen LogP contribution in [0.4, 0.5) is 4.39 Å². The summed E-state index contributed by atoms with van der Waals surface area (Å²) in [4.78, 5) is 0. The van der Waals surface area contributed by atoms with Crippen LogP contribution in [0.1, 0.15) is 33.3 Å². The van der Waals surface area contributed by atoms with E-state index in [1.165, 1.54) is 6.08 Å². The fourth-order valence-corrected chi connectivity index (χ4v) is 2.80. The van der Waals surface area contributed by atoms with Gasteiger partial charge in [-0.05, 0) is 52.0 Å². The van der Waals surface area contributed by atoms with Crippen molar-refractivity contribution in [3.63, 3.8) is 0 Å². The molecule has 6 nitrogen and oxygen atoms in total. The molecule has 1 fully saturated rings. The third-order valence-corrected chi connectivity index (χ3v) is 5.11. The maximum atomic E-state index is 14.8. The number of methoxy groups -OCH3 is 2. The topological polar surface area (TPSA) is 65.6 Å². The Bertz CT molecular complexity index is 847. The predicted molar refractivity (Wildman–Crippen MR) is 102 cm³/mol. The molecule has 2 aromatic rings. The van der Waals surface area contributed by atoms with E-state index < -0.39 is 24.0 Å². The first-order valence-electron chi connectivity index (χ1n) is 8.67. The van der Waals surface area contributed by atoms with Gasteiger partial charge in [0.2, 0.25) is 0 Å². The zero-order chi connectivity index (χ0) is 19.8. The van der Waals surface area contributed by atoms with Crippen molar-refractivity contribution in [3.8, 4) is 22.8 Å². The van der Waals surface area contributed by atoms with Crippen molar-refractivity contribution < 1.29 is 23.2 Å². The number of aromatic amines is 1. The molecule has 0 aliphatic carbocycles. The number of H-pyrrole nitrogens is 1. The van der Waals surface area contributed by atoms with Gasteiger partial charge in [-0.3, -0.25) is 5.10 Å². The van der Waals surface area contributed by atoms with Crippen molar-refractivity contribution in [1.29, 1.82) is 0 Å². The molecule has 1 aliphatic heterocycles. The van der Waals surface area contributed by atoms with Gasteiger partial charge in [-0.1, -0.05) is 0 Å². The number of aromatic nitrogens is 2. The minimum Gasteiger partial charge on any atom is -0.493 e. The molecule has 0 bridgehead atoms. The Balaban J connectivity index is 1.91. The summed E-state index contributed by atoms with van der Waals surface area (Å²) in [6.07, 6.45) is 2.93. The smallest absolute Gasteiger partial charge is 0.493 e. The Labute approximate surface area is 158 Å². The molecule has 0 unspecified atom stereocenters. The fraction of sp³-hybridized carbons (Fsp3) is 0.421. The molecule has 1 aromatic heterocycles. The lowest BCUT2D eigenvalue weighted by Gasteiger charge is -2.32. The summed E-state index contributed by atoms with van der Waals surface area (Å²) in [5.41, 5.74) is 0.295. The van der Waals surface area contributed by atoms with Gasteiger partial charge in [-0.15, -0.1) is 0 Å². The second kappa shape index (κ2) is 7.01. The van der Waals surface area contributed by atoms with Crippen LogP contribution in [0.5, 0.6) is 11.5 Å². The van der Waals surface area contributed by atoms with Gasteiger partial charge in [-0.25, -0.2) is 4.39 Å². The average Bonchev–Trinajstić information content (AvgIpc) is 3.16. The van der Waals surface area contributed by atoms with Crippen molar-refractivity contribution in [2.45, 2.75) is 38.9 Å². The molecular weight excluding hydrogens is 350 g/mol. The summed E-state index contributed by atoms with van der Waals surface area (Å²) < 4.78 is 36.9. The Kier molecular flexibility index (Phi) is 5.05. The minimum atomic E-state index is -1.05. The summed E-state index contributed by atoms with van der Waals surface area (Å²) >= 11 is 0. The quantitative estimate of drug-likeness (QED) is 0.801. The third-order valence-electron chi connectivity index (χ3n) is 5.11. The van der Waals surface area contributed by atoms with Crippen LogP contribution >= 0.6 is 0 Å². The van der Waals surface area contributed by atoms with Crippen LogP contribution in [0.25, 0.3) is 17.3 Å². The number of hydrogen-bond donors (Lipinski definition) is 1. The van der Waals surface area contributed by atoms with Crippen LogP contribution in [0.3, 0.4) is 0 Å². The molecule has 144 valence electrons. The van der Waals surface area contributed by atoms with E-state index in [0.717, 1.165) is 5.56 Å². The molecule has 3 rings (SSSR count). The van der Waals surface area contributed by atoms with Gasteiger partial charge in [0.05, 0.1) is 37.3 Å². The minimum absolute atomic E-state index is 0.517. The second-order valence-corrected chi connectivity index (χ2v) is 7.39. The van der Waals surface area contributed by atoms with Crippen LogP contribution in [-0.4, -0.2) is 42.7 Å². The van der Waals surface area contributed by atoms with E-state index in [1.54, 1.807) is 32.5 Å². The average molecular weight is 374 g/mol. The molecule has 0 atom stereocenters. The Morgan fingerprint density at radius 1 is 1.11 bits per heavy atom. The molecule has 1 N–H and O–H groups in total. The predicted octanol–water partition coefficient (Wildman–Crippen LogP) is 4.04. The van der Waals surface area contributed by atoms with E-state index in [-0.39, 0.29) is 0 Å². The summed E-state index contributed by atoms with van der Waals surface area (Å²) in [5.74, 6) is 1.19. The monoisotopic (exact) mass is 374 g/mol. The van der Waals surface area contributed by atoms with Gasteiger partial charge in [0.15, 0.2) is 11.5 Å². The van der Waals surface area contributed by atoms with Gasteiger partial charge in [0.25, 0.3) is 0 Å². The van der Waals surface area contributed by atoms with E-state index in [2.05, 4.69) is 10.2 Å². The van der Waals surface area contributed by atoms with Crippen molar-refractivity contribution in [2.75, 3.05) is 14.2 Å². The molecule has 2 heterocycles. The number of nitrogens with zero attached hydrogens (tertiary/aromatic N) is 1. The highest BCUT2D eigenvalue weighted by Crippen LogP contribution is 2.39. The molecule has 8 heteroatoms. The lowest BCUT2D eigenvalue weighted by molar-refractivity contribution is 0.00578. The fourth-order valence-electron chi connectivity index (χ4n) is 2.80. The first-order chi connectivity index (χ1) is 12.7. The molecule has 1 aliphatic rings. The van der Waals surface area contributed by atoms with E-state index >= 15 is 0 Å². The SMILES string of the molecule is COc1ccc(-c2[nH]ncc2C=C(F)B2OC(C)(C)C(C)(C)O2)cc1OC. The normalized spacial score (nSPS) is 18.6. The maximum absolute atomic E-state index is 14.8. The maximum Gasteiger partial charge on any atom is 0.525 e. The number of benzene rings is 1. The van der Waals surface area contributed by atoms with E-state index in [1.807, 2.05) is 33.8 Å². The van der Waals surface area contributed by atoms with Crippen molar-refractivity contribution in [3.05, 3.63) is 35.7 Å². The summed E-state index contributed by atoms with van der Waals surface area (Å²) in [6, 6.07) is 5.43. The van der Waals surface area contributed by atoms with Crippen LogP contribution in [0.2, 0.25) is 0 Å². The molecule has 0 radical (unpaired) electrons. The Morgan fingerprint density at radius 2 is 1.74 bits per heavy atom. The number of halogens is 1. The van der Waals surface area contributed by atoms with Crippen molar-refractivity contribution in [1.82, 2.24) is 10.2 Å². The van der Waals surface area contributed by atoms with E-state index in [4.69, 9.17) is 18.8 Å². The van der Waals surface area contributed by atoms with E-state index in [0.29, 0.717) is 22.8 Å². The van der Waals surface area contributed by atoms with Gasteiger partial charge >= 0.3 is 7.12 Å². The standard InChI is InChI=1S/C19H24BFN2O4/c1-18(2)19(3,4)27-20(26-18)16(21)10-13-11-22-23-17(13)12-7-8-14(24-5)15(9-12)25-6/h7-11H,1-6H3,(H,22,23). The number of rotatable bonds is 5. The first-order valence-corrected chi connectivity index (χ1v) is 8.67. The Morgan fingerprint density at radius 3 is 2.33 bits per heavy atom. The van der Waals surface area contributed by atoms with Gasteiger partial charge in [-0.2, -0.15) is 5.10 Å². The Hall–Kier alpha value is -2.32. The summed E-state index contributed by atoms with van der Waals surface area (Å²) in [7, 11) is 2.08. The highest BCUT2D eigenvalue weighted by molar-refractivity contribution is 6.54. The number of nitrogens with one attached hydrogen (secondary N) is 1. The molecular formula is C19H24BFN2O4. The second-order valence-electron chi connectivity index (χ2n) is 7.39. The highest BCUT2D eigenvalue weighted by atomic mass is 19.1. The van der Waals surface area contributed by atoms with Crippen molar-refractivity contribution in [2.24, 2.45) is 0 Å². The highest BCUT2D eigenvalue weighted by Gasteiger charge is 2.53. The summed E-state index contributed by atoms with van der Waals surface area (Å²) in [6.45, 7) is 7.53. The zero-order valence-corrected chi connectivity index (χ0v) is 16.4. The molecule has 1 saturated heterocycles. The molecule has 1 aromatic carbocycles. The van der Waals surface area contributed by atoms with Crippen LogP contribution in [0, 0.1) is 0 Å². The molecule has 0 saturated carbocycles. The van der Waals surface area contributed by atoms with Crippen LogP contribution in [0.15, 0.2) is 30.1 Å². The van der Waals surface area contributed by atoms with Gasteiger partial charge in [0, 0.05) is 11.1 Å². The largest absolute Gasteiger partial charge is 0.525 e. The van der Waals surface area contributed by atoms with Crippen LogP contribution < -0.4 is 9.47 Å². The van der Waals surface area contributed by atoms with Gasteiger partial charge in [0.1, 0.15) is 5.73 Å². The summed E-state index contributed by atoms with van der Waals surface area (Å²) in [5, 5.41) is 6.94.